The summed E-state index contributed by atoms with van der Waals surface area (Å²) in [5.74, 6) is 2.01. The fourth-order valence-electron chi connectivity index (χ4n) is 3.52. The van der Waals surface area contributed by atoms with E-state index in [1.807, 2.05) is 0 Å². The van der Waals surface area contributed by atoms with Gasteiger partial charge in [0, 0.05) is 32.8 Å². The molecule has 3 heteroatoms. The largest absolute Gasteiger partial charge is 0.383 e. The van der Waals surface area contributed by atoms with Crippen LogP contribution in [-0.4, -0.2) is 50.8 Å². The maximum atomic E-state index is 5.32. The Bertz CT molecular complexity index is 210. The standard InChI is InChI=1S/C14H28N2O/c1-3-7-15-14(11-17-2)10-16-8-12-5-4-6-13(12)9-16/h12-15H,3-11H2,1-2H3. The van der Waals surface area contributed by atoms with Gasteiger partial charge in [-0.2, -0.15) is 0 Å². The molecule has 0 aromatic heterocycles. The van der Waals surface area contributed by atoms with Crippen LogP contribution in [0.2, 0.25) is 0 Å². The van der Waals surface area contributed by atoms with E-state index in [1.54, 1.807) is 7.11 Å². The minimum atomic E-state index is 0.513. The fourth-order valence-corrected chi connectivity index (χ4v) is 3.52. The van der Waals surface area contributed by atoms with Gasteiger partial charge in [0.15, 0.2) is 0 Å². The molecule has 0 bridgehead atoms. The summed E-state index contributed by atoms with van der Waals surface area (Å²) in [6.45, 7) is 8.00. The molecule has 1 heterocycles. The van der Waals surface area contributed by atoms with Gasteiger partial charge in [-0.3, -0.25) is 0 Å². The molecule has 3 atom stereocenters. The SMILES string of the molecule is CCCNC(COC)CN1CC2CCCC2C1. The summed E-state index contributed by atoms with van der Waals surface area (Å²) in [5.41, 5.74) is 0. The van der Waals surface area contributed by atoms with Gasteiger partial charge in [-0.15, -0.1) is 0 Å². The van der Waals surface area contributed by atoms with E-state index in [1.165, 1.54) is 45.3 Å². The first-order valence-electron chi connectivity index (χ1n) is 7.28. The lowest BCUT2D eigenvalue weighted by molar-refractivity contribution is 0.143. The Morgan fingerprint density at radius 3 is 2.59 bits per heavy atom. The number of ether oxygens (including phenoxy) is 1. The minimum Gasteiger partial charge on any atom is -0.383 e. The molecule has 1 N–H and O–H groups in total. The van der Waals surface area contributed by atoms with Crippen molar-refractivity contribution in [2.45, 2.75) is 38.6 Å². The summed E-state index contributed by atoms with van der Waals surface area (Å²) < 4.78 is 5.32. The Balaban J connectivity index is 1.74. The Morgan fingerprint density at radius 1 is 1.29 bits per heavy atom. The van der Waals surface area contributed by atoms with Gasteiger partial charge in [-0.05, 0) is 37.6 Å². The molecule has 1 saturated carbocycles. The van der Waals surface area contributed by atoms with Gasteiger partial charge in [-0.25, -0.2) is 0 Å². The highest BCUT2D eigenvalue weighted by Crippen LogP contribution is 2.37. The summed E-state index contributed by atoms with van der Waals surface area (Å²) in [7, 11) is 1.80. The average molecular weight is 240 g/mol. The van der Waals surface area contributed by atoms with E-state index in [2.05, 4.69) is 17.1 Å². The van der Waals surface area contributed by atoms with Gasteiger partial charge in [0.1, 0.15) is 0 Å². The molecule has 0 aromatic rings. The molecule has 2 fully saturated rings. The molecule has 1 saturated heterocycles. The molecular formula is C14H28N2O. The van der Waals surface area contributed by atoms with Crippen LogP contribution >= 0.6 is 0 Å². The fraction of sp³-hybridized carbons (Fsp3) is 1.00. The van der Waals surface area contributed by atoms with E-state index in [-0.39, 0.29) is 0 Å². The summed E-state index contributed by atoms with van der Waals surface area (Å²) >= 11 is 0. The number of methoxy groups -OCH3 is 1. The molecule has 2 aliphatic rings. The molecule has 0 radical (unpaired) electrons. The number of hydrogen-bond acceptors (Lipinski definition) is 3. The number of nitrogens with zero attached hydrogens (tertiary/aromatic N) is 1. The third-order valence-electron chi connectivity index (χ3n) is 4.33. The third-order valence-corrected chi connectivity index (χ3v) is 4.33. The van der Waals surface area contributed by atoms with Crippen molar-refractivity contribution in [2.75, 3.05) is 39.9 Å². The second-order valence-corrected chi connectivity index (χ2v) is 5.78. The zero-order valence-corrected chi connectivity index (χ0v) is 11.5. The van der Waals surface area contributed by atoms with E-state index < -0.39 is 0 Å². The molecule has 2 rings (SSSR count). The van der Waals surface area contributed by atoms with Crippen molar-refractivity contribution in [3.8, 4) is 0 Å². The molecule has 17 heavy (non-hydrogen) atoms. The van der Waals surface area contributed by atoms with Crippen molar-refractivity contribution in [1.29, 1.82) is 0 Å². The first-order valence-corrected chi connectivity index (χ1v) is 7.28. The molecule has 3 nitrogen and oxygen atoms in total. The van der Waals surface area contributed by atoms with E-state index in [0.29, 0.717) is 6.04 Å². The van der Waals surface area contributed by atoms with Crippen molar-refractivity contribution in [2.24, 2.45) is 11.8 Å². The minimum absolute atomic E-state index is 0.513. The highest BCUT2D eigenvalue weighted by Gasteiger charge is 2.36. The maximum Gasteiger partial charge on any atom is 0.0628 e. The van der Waals surface area contributed by atoms with Crippen LogP contribution in [0.15, 0.2) is 0 Å². The molecule has 0 spiro atoms. The summed E-state index contributed by atoms with van der Waals surface area (Å²) in [6, 6.07) is 0.513. The lowest BCUT2D eigenvalue weighted by atomic mass is 10.0. The molecule has 1 aliphatic heterocycles. The van der Waals surface area contributed by atoms with Crippen LogP contribution in [0.5, 0.6) is 0 Å². The number of hydrogen-bond donors (Lipinski definition) is 1. The summed E-state index contributed by atoms with van der Waals surface area (Å²) in [6.07, 6.45) is 5.61. The number of rotatable bonds is 7. The Hall–Kier alpha value is -0.120. The van der Waals surface area contributed by atoms with Gasteiger partial charge in [0.05, 0.1) is 6.61 Å². The lowest BCUT2D eigenvalue weighted by Crippen LogP contribution is -2.43. The maximum absolute atomic E-state index is 5.32. The monoisotopic (exact) mass is 240 g/mol. The molecule has 1 aliphatic carbocycles. The van der Waals surface area contributed by atoms with Crippen molar-refractivity contribution >= 4 is 0 Å². The second kappa shape index (κ2) is 6.72. The molecule has 0 aromatic carbocycles. The van der Waals surface area contributed by atoms with Gasteiger partial charge < -0.3 is 15.0 Å². The van der Waals surface area contributed by atoms with Gasteiger partial charge in [0.2, 0.25) is 0 Å². The van der Waals surface area contributed by atoms with Crippen LogP contribution in [0.25, 0.3) is 0 Å². The Labute approximate surface area is 106 Å². The van der Waals surface area contributed by atoms with Crippen molar-refractivity contribution < 1.29 is 4.74 Å². The van der Waals surface area contributed by atoms with E-state index in [9.17, 15) is 0 Å². The topological polar surface area (TPSA) is 24.5 Å². The smallest absolute Gasteiger partial charge is 0.0628 e. The van der Waals surface area contributed by atoms with Gasteiger partial charge >= 0.3 is 0 Å². The molecule has 100 valence electrons. The summed E-state index contributed by atoms with van der Waals surface area (Å²) in [5, 5.41) is 3.60. The lowest BCUT2D eigenvalue weighted by Gasteiger charge is -2.24. The average Bonchev–Trinajstić information content (AvgIpc) is 2.86. The third kappa shape index (κ3) is 3.67. The first kappa shape index (κ1) is 13.3. The van der Waals surface area contributed by atoms with Crippen molar-refractivity contribution in [3.05, 3.63) is 0 Å². The quantitative estimate of drug-likeness (QED) is 0.733. The van der Waals surface area contributed by atoms with Crippen LogP contribution in [-0.2, 0) is 4.74 Å². The first-order chi connectivity index (χ1) is 8.33. The number of nitrogens with one attached hydrogen (secondary N) is 1. The Morgan fingerprint density at radius 2 is 2.00 bits per heavy atom. The van der Waals surface area contributed by atoms with E-state index in [4.69, 9.17) is 4.74 Å². The predicted octanol–water partition coefficient (Wildman–Crippen LogP) is 1.73. The van der Waals surface area contributed by atoms with Crippen molar-refractivity contribution in [3.63, 3.8) is 0 Å². The second-order valence-electron chi connectivity index (χ2n) is 5.78. The van der Waals surface area contributed by atoms with E-state index in [0.717, 1.165) is 25.0 Å². The van der Waals surface area contributed by atoms with Crippen molar-refractivity contribution in [1.82, 2.24) is 10.2 Å². The normalized spacial score (nSPS) is 30.7. The van der Waals surface area contributed by atoms with Crippen LogP contribution in [0.4, 0.5) is 0 Å². The zero-order valence-electron chi connectivity index (χ0n) is 11.5. The Kier molecular flexibility index (Phi) is 5.26. The molecule has 3 unspecified atom stereocenters. The van der Waals surface area contributed by atoms with Crippen LogP contribution < -0.4 is 5.32 Å². The van der Waals surface area contributed by atoms with Gasteiger partial charge in [0.25, 0.3) is 0 Å². The number of fused-ring (bicyclic) bond motifs is 1. The summed E-state index contributed by atoms with van der Waals surface area (Å²) in [4.78, 5) is 2.65. The predicted molar refractivity (Wildman–Crippen MR) is 71.2 cm³/mol. The van der Waals surface area contributed by atoms with Gasteiger partial charge in [-0.1, -0.05) is 13.3 Å². The van der Waals surface area contributed by atoms with Crippen LogP contribution in [0.1, 0.15) is 32.6 Å². The molecular weight excluding hydrogens is 212 g/mol. The highest BCUT2D eigenvalue weighted by molar-refractivity contribution is 4.89. The molecule has 0 amide bonds. The van der Waals surface area contributed by atoms with Crippen LogP contribution in [0, 0.1) is 11.8 Å². The van der Waals surface area contributed by atoms with Crippen LogP contribution in [0.3, 0.4) is 0 Å². The highest BCUT2D eigenvalue weighted by atomic mass is 16.5. The van der Waals surface area contributed by atoms with E-state index >= 15 is 0 Å². The number of likely N-dealkylation sites (tertiary alicyclic amines) is 1. The zero-order chi connectivity index (χ0) is 12.1.